The molecule has 0 aliphatic rings. The number of halogens is 3. The van der Waals surface area contributed by atoms with E-state index in [4.69, 9.17) is 4.74 Å². The van der Waals surface area contributed by atoms with Crippen LogP contribution in [0.1, 0.15) is 26.5 Å². The lowest BCUT2D eigenvalue weighted by molar-refractivity contribution is -0.137. The number of hydrogen-bond acceptors (Lipinski definition) is 5. The van der Waals surface area contributed by atoms with E-state index < -0.39 is 17.6 Å². The molecule has 0 unspecified atom stereocenters. The molecule has 2 aromatic carbocycles. The Hall–Kier alpha value is -4.73. The van der Waals surface area contributed by atoms with Gasteiger partial charge in [0.1, 0.15) is 22.9 Å². The molecule has 36 heavy (non-hydrogen) atoms. The Kier molecular flexibility index (Phi) is 6.95. The van der Waals surface area contributed by atoms with E-state index in [1.807, 2.05) is 0 Å². The second-order valence-electron chi connectivity index (χ2n) is 7.54. The van der Waals surface area contributed by atoms with Gasteiger partial charge < -0.3 is 15.4 Å². The molecular weight excluding hydrogens is 473 g/mol. The number of benzene rings is 2. The molecule has 0 saturated carbocycles. The fraction of sp³-hybridized carbons (Fsp3) is 0.0769. The van der Waals surface area contributed by atoms with E-state index in [1.165, 1.54) is 43.7 Å². The van der Waals surface area contributed by atoms with Gasteiger partial charge in [-0.25, -0.2) is 0 Å². The summed E-state index contributed by atoms with van der Waals surface area (Å²) in [6, 6.07) is 17.5. The maximum Gasteiger partial charge on any atom is 0.416 e. The van der Waals surface area contributed by atoms with Crippen LogP contribution in [-0.4, -0.2) is 28.8 Å². The van der Waals surface area contributed by atoms with Gasteiger partial charge in [-0.05, 0) is 54.1 Å². The molecule has 0 aliphatic heterocycles. The summed E-state index contributed by atoms with van der Waals surface area (Å²) in [5.74, 6) is 0.130. The number of alkyl halides is 3. The number of carbonyl (C=O) groups is 2. The van der Waals surface area contributed by atoms with Crippen molar-refractivity contribution in [3.05, 3.63) is 102 Å². The summed E-state index contributed by atoms with van der Waals surface area (Å²) in [4.78, 5) is 32.4. The van der Waals surface area contributed by atoms with Crippen LogP contribution in [0.2, 0.25) is 0 Å². The van der Waals surface area contributed by atoms with Crippen LogP contribution in [0.3, 0.4) is 0 Å². The third-order valence-corrected chi connectivity index (χ3v) is 5.08. The van der Waals surface area contributed by atoms with E-state index in [1.54, 1.807) is 36.4 Å². The summed E-state index contributed by atoms with van der Waals surface area (Å²) in [5, 5.41) is 5.21. The van der Waals surface area contributed by atoms with Crippen LogP contribution in [0.4, 0.5) is 18.9 Å². The van der Waals surface area contributed by atoms with E-state index >= 15 is 0 Å². The molecule has 2 aromatic heterocycles. The average molecular weight is 492 g/mol. The predicted octanol–water partition coefficient (Wildman–Crippen LogP) is 5.57. The van der Waals surface area contributed by atoms with Gasteiger partial charge in [0.2, 0.25) is 0 Å². The van der Waals surface area contributed by atoms with Crippen molar-refractivity contribution < 1.29 is 27.5 Å². The van der Waals surface area contributed by atoms with Crippen molar-refractivity contribution >= 4 is 17.5 Å². The number of nitrogens with one attached hydrogen (secondary N) is 2. The number of aromatic nitrogens is 2. The first-order chi connectivity index (χ1) is 17.2. The van der Waals surface area contributed by atoms with Gasteiger partial charge in [0.25, 0.3) is 11.8 Å². The Bertz CT molecular complexity index is 1370. The Labute approximate surface area is 204 Å². The highest BCUT2D eigenvalue weighted by atomic mass is 19.4. The van der Waals surface area contributed by atoms with Gasteiger partial charge in [-0.15, -0.1) is 0 Å². The Balaban J connectivity index is 1.38. The predicted molar refractivity (Wildman–Crippen MR) is 127 cm³/mol. The highest BCUT2D eigenvalue weighted by Crippen LogP contribution is 2.31. The van der Waals surface area contributed by atoms with E-state index in [0.717, 1.165) is 12.1 Å². The molecule has 0 bridgehead atoms. The zero-order chi connectivity index (χ0) is 25.7. The Morgan fingerprint density at radius 2 is 1.47 bits per heavy atom. The highest BCUT2D eigenvalue weighted by Gasteiger charge is 2.30. The third-order valence-electron chi connectivity index (χ3n) is 5.08. The minimum Gasteiger partial charge on any atom is -0.457 e. The molecule has 2 N–H and O–H groups in total. The van der Waals surface area contributed by atoms with Crippen molar-refractivity contribution in [2.45, 2.75) is 6.18 Å². The number of hydrogen-bond donors (Lipinski definition) is 2. The maximum absolute atomic E-state index is 12.7. The summed E-state index contributed by atoms with van der Waals surface area (Å²) in [6.07, 6.45) is -1.51. The molecule has 0 radical (unpaired) electrons. The summed E-state index contributed by atoms with van der Waals surface area (Å²) < 4.78 is 43.9. The Morgan fingerprint density at radius 1 is 0.778 bits per heavy atom. The van der Waals surface area contributed by atoms with Crippen molar-refractivity contribution in [1.82, 2.24) is 15.3 Å². The molecule has 7 nitrogen and oxygen atoms in total. The van der Waals surface area contributed by atoms with Crippen LogP contribution in [0, 0.1) is 0 Å². The van der Waals surface area contributed by atoms with E-state index in [2.05, 4.69) is 20.6 Å². The minimum atomic E-state index is -4.40. The van der Waals surface area contributed by atoms with Crippen molar-refractivity contribution in [1.29, 1.82) is 0 Å². The zero-order valence-electron chi connectivity index (χ0n) is 18.8. The molecule has 10 heteroatoms. The van der Waals surface area contributed by atoms with Crippen LogP contribution in [0.15, 0.2) is 85.2 Å². The minimum absolute atomic E-state index is 0.143. The third kappa shape index (κ3) is 5.84. The average Bonchev–Trinajstić information content (AvgIpc) is 2.89. The number of pyridine rings is 2. The van der Waals surface area contributed by atoms with Crippen LogP contribution < -0.4 is 15.4 Å². The second kappa shape index (κ2) is 10.3. The number of amides is 2. The van der Waals surface area contributed by atoms with Crippen molar-refractivity contribution in [2.24, 2.45) is 0 Å². The first-order valence-electron chi connectivity index (χ1n) is 10.6. The standard InChI is InChI=1S/C26H19F3N4O3/c1-30-24(34)23-14-21(12-13-31-23)36-20-9-7-19(8-10-20)33-25(35)22-11-4-17(15-32-22)16-2-5-18(6-3-16)26(27,28)29/h2-15H,1H3,(H,30,34)(H,33,35). The molecule has 0 saturated heterocycles. The van der Waals surface area contributed by atoms with Gasteiger partial charge in [-0.2, -0.15) is 13.2 Å². The van der Waals surface area contributed by atoms with E-state index in [0.29, 0.717) is 28.3 Å². The molecular formula is C26H19F3N4O3. The van der Waals surface area contributed by atoms with Gasteiger partial charge in [-0.1, -0.05) is 18.2 Å². The Morgan fingerprint density at radius 3 is 2.08 bits per heavy atom. The fourth-order valence-electron chi connectivity index (χ4n) is 3.22. The van der Waals surface area contributed by atoms with E-state index in [-0.39, 0.29) is 17.3 Å². The lowest BCUT2D eigenvalue weighted by Gasteiger charge is -2.09. The molecule has 2 amide bonds. The van der Waals surface area contributed by atoms with Crippen LogP contribution in [0.25, 0.3) is 11.1 Å². The highest BCUT2D eigenvalue weighted by molar-refractivity contribution is 6.03. The van der Waals surface area contributed by atoms with Gasteiger partial charge >= 0.3 is 6.18 Å². The van der Waals surface area contributed by atoms with E-state index in [9.17, 15) is 22.8 Å². The largest absolute Gasteiger partial charge is 0.457 e. The summed E-state index contributed by atoms with van der Waals surface area (Å²) in [7, 11) is 1.51. The first-order valence-corrected chi connectivity index (χ1v) is 10.6. The molecule has 2 heterocycles. The molecule has 4 aromatic rings. The molecule has 0 fully saturated rings. The van der Waals surface area contributed by atoms with Crippen molar-refractivity contribution in [2.75, 3.05) is 12.4 Å². The monoisotopic (exact) mass is 492 g/mol. The molecule has 0 aliphatic carbocycles. The molecule has 182 valence electrons. The molecule has 0 spiro atoms. The number of anilines is 1. The summed E-state index contributed by atoms with van der Waals surface area (Å²) >= 11 is 0. The van der Waals surface area contributed by atoms with Gasteiger partial charge in [0.05, 0.1) is 5.56 Å². The number of ether oxygens (including phenoxy) is 1. The quantitative estimate of drug-likeness (QED) is 0.367. The first kappa shape index (κ1) is 24.4. The van der Waals surface area contributed by atoms with Crippen molar-refractivity contribution in [3.8, 4) is 22.6 Å². The van der Waals surface area contributed by atoms with Crippen LogP contribution in [0.5, 0.6) is 11.5 Å². The van der Waals surface area contributed by atoms with Crippen molar-refractivity contribution in [3.63, 3.8) is 0 Å². The fourth-order valence-corrected chi connectivity index (χ4v) is 3.22. The lowest BCUT2D eigenvalue weighted by atomic mass is 10.1. The molecule has 0 atom stereocenters. The zero-order valence-corrected chi connectivity index (χ0v) is 18.8. The van der Waals surface area contributed by atoms with Gasteiger partial charge in [0.15, 0.2) is 0 Å². The SMILES string of the molecule is CNC(=O)c1cc(Oc2ccc(NC(=O)c3ccc(-c4ccc(C(F)(F)F)cc4)cn3)cc2)ccn1. The van der Waals surface area contributed by atoms with Gasteiger partial charge in [-0.3, -0.25) is 19.6 Å². The van der Waals surface area contributed by atoms with Gasteiger partial charge in [0, 0.05) is 36.8 Å². The topological polar surface area (TPSA) is 93.2 Å². The second-order valence-corrected chi connectivity index (χ2v) is 7.54. The maximum atomic E-state index is 12.7. The number of carbonyl (C=O) groups excluding carboxylic acids is 2. The normalized spacial score (nSPS) is 11.0. The lowest BCUT2D eigenvalue weighted by Crippen LogP contribution is -2.18. The number of nitrogens with zero attached hydrogens (tertiary/aromatic N) is 2. The smallest absolute Gasteiger partial charge is 0.416 e. The molecule has 4 rings (SSSR count). The number of rotatable bonds is 6. The van der Waals surface area contributed by atoms with Crippen LogP contribution >= 0.6 is 0 Å². The van der Waals surface area contributed by atoms with Crippen LogP contribution in [-0.2, 0) is 6.18 Å². The summed E-state index contributed by atoms with van der Waals surface area (Å²) in [5.41, 5.74) is 1.26. The summed E-state index contributed by atoms with van der Waals surface area (Å²) in [6.45, 7) is 0.